The number of hydrogen-bond acceptors (Lipinski definition) is 5. The molecule has 10 rings (SSSR count). The Morgan fingerprint density at radius 1 is 0.340 bits per heavy atom. The minimum atomic E-state index is -0.119. The summed E-state index contributed by atoms with van der Waals surface area (Å²) in [5.41, 5.74) is 11.8. The molecule has 0 saturated carbocycles. The van der Waals surface area contributed by atoms with Crippen molar-refractivity contribution in [1.82, 2.24) is 15.0 Å². The largest absolute Gasteiger partial charge is 0.450 e. The summed E-state index contributed by atoms with van der Waals surface area (Å²) in [7, 11) is 0. The normalized spacial score (nSPS) is 13.2. The van der Waals surface area contributed by atoms with Crippen LogP contribution in [0.4, 0.5) is 0 Å². The molecule has 8 aromatic rings. The molecule has 0 saturated heterocycles. The van der Waals surface area contributed by atoms with E-state index in [2.05, 4.69) is 98.8 Å². The van der Waals surface area contributed by atoms with Crippen molar-refractivity contribution < 1.29 is 9.47 Å². The highest BCUT2D eigenvalue weighted by atomic mass is 16.6. The smallest absolute Gasteiger partial charge is 0.170 e. The van der Waals surface area contributed by atoms with Crippen LogP contribution in [-0.4, -0.2) is 15.0 Å². The summed E-state index contributed by atoms with van der Waals surface area (Å²) in [6, 6.07) is 56.0. The molecule has 0 bridgehead atoms. The van der Waals surface area contributed by atoms with Crippen LogP contribution >= 0.6 is 0 Å². The van der Waals surface area contributed by atoms with Crippen molar-refractivity contribution in [3.05, 3.63) is 175 Å². The first-order valence-electron chi connectivity index (χ1n) is 17.8. The zero-order valence-electron chi connectivity index (χ0n) is 29.2. The van der Waals surface area contributed by atoms with Crippen molar-refractivity contribution in [2.75, 3.05) is 0 Å². The first-order chi connectivity index (χ1) is 26.0. The summed E-state index contributed by atoms with van der Waals surface area (Å²) in [5, 5.41) is 0. The van der Waals surface area contributed by atoms with E-state index in [-0.39, 0.29) is 5.41 Å². The highest BCUT2D eigenvalue weighted by Crippen LogP contribution is 2.55. The maximum absolute atomic E-state index is 6.58. The highest BCUT2D eigenvalue weighted by molar-refractivity contribution is 5.84. The molecule has 1 aromatic heterocycles. The van der Waals surface area contributed by atoms with E-state index in [1.807, 2.05) is 78.9 Å². The van der Waals surface area contributed by atoms with Gasteiger partial charge in [-0.25, -0.2) is 15.0 Å². The summed E-state index contributed by atoms with van der Waals surface area (Å²) in [4.78, 5) is 15.1. The molecule has 2 aliphatic rings. The number of nitrogens with zero attached hydrogens (tertiary/aromatic N) is 3. The van der Waals surface area contributed by atoms with E-state index in [1.54, 1.807) is 0 Å². The molecule has 5 heteroatoms. The van der Waals surface area contributed by atoms with Crippen LogP contribution in [0.1, 0.15) is 25.0 Å². The number of fused-ring (bicyclic) bond motifs is 5. The van der Waals surface area contributed by atoms with Crippen LogP contribution in [-0.2, 0) is 5.41 Å². The maximum Gasteiger partial charge on any atom is 0.170 e. The van der Waals surface area contributed by atoms with Crippen molar-refractivity contribution in [3.63, 3.8) is 0 Å². The van der Waals surface area contributed by atoms with Crippen LogP contribution in [0, 0.1) is 0 Å². The molecule has 1 aliphatic carbocycles. The van der Waals surface area contributed by atoms with Gasteiger partial charge in [0.05, 0.1) is 0 Å². The van der Waals surface area contributed by atoms with Gasteiger partial charge in [0, 0.05) is 22.1 Å². The summed E-state index contributed by atoms with van der Waals surface area (Å²) >= 11 is 0. The van der Waals surface area contributed by atoms with E-state index in [0.29, 0.717) is 29.0 Å². The van der Waals surface area contributed by atoms with E-state index in [1.165, 1.54) is 22.3 Å². The van der Waals surface area contributed by atoms with E-state index in [4.69, 9.17) is 24.4 Å². The van der Waals surface area contributed by atoms with Gasteiger partial charge < -0.3 is 9.47 Å². The van der Waals surface area contributed by atoms with Crippen LogP contribution in [0.5, 0.6) is 23.0 Å². The van der Waals surface area contributed by atoms with E-state index < -0.39 is 0 Å². The minimum Gasteiger partial charge on any atom is -0.450 e. The van der Waals surface area contributed by atoms with Gasteiger partial charge in [-0.1, -0.05) is 147 Å². The predicted molar refractivity (Wildman–Crippen MR) is 211 cm³/mol. The first-order valence-corrected chi connectivity index (χ1v) is 17.8. The van der Waals surface area contributed by atoms with Gasteiger partial charge in [0.15, 0.2) is 40.5 Å². The molecular weight excluding hydrogens is 651 g/mol. The third kappa shape index (κ3) is 5.28. The second kappa shape index (κ2) is 12.1. The molecule has 0 spiro atoms. The lowest BCUT2D eigenvalue weighted by molar-refractivity contribution is 0.359. The predicted octanol–water partition coefficient (Wildman–Crippen LogP) is 12.4. The molecule has 0 fully saturated rings. The quantitative estimate of drug-likeness (QED) is 0.181. The fourth-order valence-corrected chi connectivity index (χ4v) is 7.68. The van der Waals surface area contributed by atoms with Crippen LogP contribution < -0.4 is 9.47 Å². The number of hydrogen-bond donors (Lipinski definition) is 0. The van der Waals surface area contributed by atoms with Crippen LogP contribution in [0.3, 0.4) is 0 Å². The summed E-state index contributed by atoms with van der Waals surface area (Å²) in [5.74, 6) is 4.66. The molecule has 252 valence electrons. The molecule has 0 radical (unpaired) electrons. The molecule has 0 atom stereocenters. The molecule has 1 aliphatic heterocycles. The zero-order valence-corrected chi connectivity index (χ0v) is 29.2. The molecule has 2 heterocycles. The number of aromatic nitrogens is 3. The second-order valence-electron chi connectivity index (χ2n) is 14.0. The summed E-state index contributed by atoms with van der Waals surface area (Å²) < 4.78 is 13.1. The van der Waals surface area contributed by atoms with Gasteiger partial charge in [-0.3, -0.25) is 0 Å². The highest BCUT2D eigenvalue weighted by Gasteiger charge is 2.37. The zero-order chi connectivity index (χ0) is 35.5. The third-order valence-corrected chi connectivity index (χ3v) is 10.4. The van der Waals surface area contributed by atoms with Gasteiger partial charge in [-0.05, 0) is 74.8 Å². The Morgan fingerprint density at radius 3 is 1.68 bits per heavy atom. The minimum absolute atomic E-state index is 0.119. The van der Waals surface area contributed by atoms with Gasteiger partial charge in [0.1, 0.15) is 0 Å². The van der Waals surface area contributed by atoms with Crippen molar-refractivity contribution >= 4 is 0 Å². The van der Waals surface area contributed by atoms with Crippen LogP contribution in [0.15, 0.2) is 164 Å². The molecule has 7 aromatic carbocycles. The topological polar surface area (TPSA) is 57.1 Å². The van der Waals surface area contributed by atoms with Gasteiger partial charge in [-0.2, -0.15) is 0 Å². The molecule has 0 N–H and O–H groups in total. The Labute approximate surface area is 308 Å². The lowest BCUT2D eigenvalue weighted by atomic mass is 9.82. The fraction of sp³-hybridized carbons (Fsp3) is 0.0625. The third-order valence-electron chi connectivity index (χ3n) is 10.4. The number of ether oxygens (including phenoxy) is 2. The Kier molecular flexibility index (Phi) is 7.08. The van der Waals surface area contributed by atoms with E-state index in [9.17, 15) is 0 Å². The van der Waals surface area contributed by atoms with Gasteiger partial charge in [0.25, 0.3) is 0 Å². The monoisotopic (exact) mass is 683 g/mol. The van der Waals surface area contributed by atoms with Crippen molar-refractivity contribution in [2.24, 2.45) is 0 Å². The van der Waals surface area contributed by atoms with Crippen LogP contribution in [0.25, 0.3) is 67.5 Å². The van der Waals surface area contributed by atoms with Gasteiger partial charge in [-0.15, -0.1) is 0 Å². The van der Waals surface area contributed by atoms with E-state index in [0.717, 1.165) is 50.4 Å². The molecule has 53 heavy (non-hydrogen) atoms. The average molecular weight is 684 g/mol. The maximum atomic E-state index is 6.58. The Morgan fingerprint density at radius 2 is 0.887 bits per heavy atom. The van der Waals surface area contributed by atoms with Crippen LogP contribution in [0.2, 0.25) is 0 Å². The molecule has 0 unspecified atom stereocenters. The van der Waals surface area contributed by atoms with Crippen molar-refractivity contribution in [2.45, 2.75) is 19.3 Å². The number of rotatable bonds is 5. The SMILES string of the molecule is CC1(C)c2ccccc2-c2cc3c(cc21)Oc1ccc(-c2cccc(-c4nc(-c5ccccc5)nc(-c5ccccc5-c5ccccc5)n4)c2)cc1O3. The Bertz CT molecular complexity index is 2700. The van der Waals surface area contributed by atoms with Crippen molar-refractivity contribution in [1.29, 1.82) is 0 Å². The number of benzene rings is 7. The Hall–Kier alpha value is -6.85. The first kappa shape index (κ1) is 30.9. The van der Waals surface area contributed by atoms with Gasteiger partial charge >= 0.3 is 0 Å². The van der Waals surface area contributed by atoms with Crippen molar-refractivity contribution in [3.8, 4) is 90.5 Å². The van der Waals surface area contributed by atoms with E-state index >= 15 is 0 Å². The fourth-order valence-electron chi connectivity index (χ4n) is 7.68. The standard InChI is InChI=1S/C48H33N3O2/c1-48(2)39-23-12-11-21-36(39)38-28-43-44(29-40(38)48)52-41-25-24-33(27-42(41)53-43)32-18-13-19-34(26-32)46-49-45(31-16-7-4-8-17-31)50-47(51-46)37-22-10-9-20-35(37)30-14-5-3-6-15-30/h3-29H,1-2H3. The lowest BCUT2D eigenvalue weighted by Crippen LogP contribution is -2.15. The second-order valence-corrected chi connectivity index (χ2v) is 14.0. The summed E-state index contributed by atoms with van der Waals surface area (Å²) in [6.45, 7) is 4.54. The molecule has 5 nitrogen and oxygen atoms in total. The molecular formula is C48H33N3O2. The lowest BCUT2D eigenvalue weighted by Gasteiger charge is -2.25. The average Bonchev–Trinajstić information content (AvgIpc) is 3.44. The molecule has 0 amide bonds. The Balaban J connectivity index is 1.03. The summed E-state index contributed by atoms with van der Waals surface area (Å²) in [6.07, 6.45) is 0. The van der Waals surface area contributed by atoms with Gasteiger partial charge in [0.2, 0.25) is 0 Å².